The molecule has 1 aromatic carbocycles. The first-order valence-corrected chi connectivity index (χ1v) is 9.68. The molecule has 0 bridgehead atoms. The minimum absolute atomic E-state index is 0.0263. The third-order valence-electron chi connectivity index (χ3n) is 5.27. The highest BCUT2D eigenvalue weighted by atomic mass is 16.5. The van der Waals surface area contributed by atoms with Gasteiger partial charge in [0.25, 0.3) is 0 Å². The van der Waals surface area contributed by atoms with Crippen molar-refractivity contribution in [3.63, 3.8) is 0 Å². The van der Waals surface area contributed by atoms with E-state index < -0.39 is 0 Å². The molecule has 1 saturated heterocycles. The molecule has 0 saturated carbocycles. The van der Waals surface area contributed by atoms with Crippen molar-refractivity contribution < 1.29 is 9.53 Å². The number of fused-ring (bicyclic) bond motifs is 3. The maximum absolute atomic E-state index is 12.3. The van der Waals surface area contributed by atoms with Gasteiger partial charge in [-0.1, -0.05) is 26.0 Å². The van der Waals surface area contributed by atoms with E-state index in [2.05, 4.69) is 40.3 Å². The highest BCUT2D eigenvalue weighted by Gasteiger charge is 2.30. The minimum atomic E-state index is 0.0263. The number of carbonyl (C=O) groups is 1. The Morgan fingerprint density at radius 3 is 2.75 bits per heavy atom. The molecule has 1 aliphatic heterocycles. The zero-order chi connectivity index (χ0) is 19.8. The Hall–Kier alpha value is -2.74. The molecule has 3 aromatic rings. The molecule has 2 aromatic heterocycles. The van der Waals surface area contributed by atoms with E-state index in [9.17, 15) is 4.79 Å². The van der Waals surface area contributed by atoms with Gasteiger partial charge >= 0.3 is 0 Å². The van der Waals surface area contributed by atoms with Gasteiger partial charge in [0.15, 0.2) is 5.65 Å². The first-order valence-electron chi connectivity index (χ1n) is 9.68. The van der Waals surface area contributed by atoms with E-state index in [0.717, 1.165) is 28.3 Å². The van der Waals surface area contributed by atoms with Crippen LogP contribution in [0.5, 0.6) is 0 Å². The van der Waals surface area contributed by atoms with Gasteiger partial charge in [-0.25, -0.2) is 9.38 Å². The van der Waals surface area contributed by atoms with Gasteiger partial charge in [-0.05, 0) is 19.1 Å². The predicted octanol–water partition coefficient (Wildman–Crippen LogP) is 2.08. The first-order chi connectivity index (χ1) is 13.5. The Morgan fingerprint density at radius 1 is 1.25 bits per heavy atom. The van der Waals surface area contributed by atoms with Crippen molar-refractivity contribution in [1.29, 1.82) is 0 Å². The lowest BCUT2D eigenvalue weighted by Crippen LogP contribution is -2.55. The van der Waals surface area contributed by atoms with Gasteiger partial charge in [0, 0.05) is 44.1 Å². The number of piperazine rings is 1. The van der Waals surface area contributed by atoms with Crippen LogP contribution in [0.2, 0.25) is 0 Å². The van der Waals surface area contributed by atoms with Crippen LogP contribution in [0.4, 0.5) is 5.95 Å². The summed E-state index contributed by atoms with van der Waals surface area (Å²) in [6.07, 6.45) is 0. The zero-order valence-electron chi connectivity index (χ0n) is 16.8. The average molecular weight is 382 g/mol. The van der Waals surface area contributed by atoms with Crippen molar-refractivity contribution in [3.05, 3.63) is 30.1 Å². The molecule has 0 aliphatic carbocycles. The number of benzene rings is 1. The second-order valence-corrected chi connectivity index (χ2v) is 7.62. The number of carbonyl (C=O) groups excluding carboxylic acids is 1. The third kappa shape index (κ3) is 3.07. The Labute approximate surface area is 164 Å². The van der Waals surface area contributed by atoms with Crippen molar-refractivity contribution in [2.45, 2.75) is 32.7 Å². The van der Waals surface area contributed by atoms with Gasteiger partial charge in [0.2, 0.25) is 11.9 Å². The van der Waals surface area contributed by atoms with E-state index in [1.807, 2.05) is 29.2 Å². The van der Waals surface area contributed by atoms with E-state index in [4.69, 9.17) is 9.72 Å². The fourth-order valence-corrected chi connectivity index (χ4v) is 3.89. The lowest BCUT2D eigenvalue weighted by molar-refractivity contribution is -0.137. The summed E-state index contributed by atoms with van der Waals surface area (Å²) in [5.41, 5.74) is 1.73. The summed E-state index contributed by atoms with van der Waals surface area (Å²) in [6, 6.07) is 8.09. The summed E-state index contributed by atoms with van der Waals surface area (Å²) >= 11 is 0. The standard InChI is InChI=1S/C20H26N6O2/c1-13(2)18-22-23-19-15-7-5-6-8-16(15)21-20(26(18)19)24-9-10-25(14(3)11-24)17(27)12-28-4/h5-8,13-14H,9-12H2,1-4H3/t14-/m1/s1. The summed E-state index contributed by atoms with van der Waals surface area (Å²) in [5, 5.41) is 9.92. The molecule has 148 valence electrons. The van der Waals surface area contributed by atoms with Crippen LogP contribution in [0.3, 0.4) is 0 Å². The van der Waals surface area contributed by atoms with Crippen LogP contribution in [0.15, 0.2) is 24.3 Å². The van der Waals surface area contributed by atoms with Crippen molar-refractivity contribution in [1.82, 2.24) is 24.5 Å². The maximum atomic E-state index is 12.3. The molecule has 1 atom stereocenters. The molecule has 1 fully saturated rings. The Morgan fingerprint density at radius 2 is 2.04 bits per heavy atom. The largest absolute Gasteiger partial charge is 0.375 e. The van der Waals surface area contributed by atoms with E-state index in [1.54, 1.807) is 7.11 Å². The van der Waals surface area contributed by atoms with Crippen LogP contribution >= 0.6 is 0 Å². The van der Waals surface area contributed by atoms with Crippen LogP contribution in [-0.4, -0.2) is 69.8 Å². The van der Waals surface area contributed by atoms with Gasteiger partial charge in [-0.3, -0.25) is 4.79 Å². The molecular weight excluding hydrogens is 356 g/mol. The highest BCUT2D eigenvalue weighted by Crippen LogP contribution is 2.28. The lowest BCUT2D eigenvalue weighted by atomic mass is 10.2. The van der Waals surface area contributed by atoms with E-state index in [1.165, 1.54) is 0 Å². The second kappa shape index (κ2) is 7.35. The Balaban J connectivity index is 1.77. The van der Waals surface area contributed by atoms with Gasteiger partial charge in [-0.15, -0.1) is 10.2 Å². The topological polar surface area (TPSA) is 75.9 Å². The van der Waals surface area contributed by atoms with Gasteiger partial charge in [0.1, 0.15) is 12.4 Å². The van der Waals surface area contributed by atoms with Crippen LogP contribution < -0.4 is 4.90 Å². The average Bonchev–Trinajstić information content (AvgIpc) is 3.13. The molecule has 0 unspecified atom stereocenters. The number of aromatic nitrogens is 4. The minimum Gasteiger partial charge on any atom is -0.375 e. The van der Waals surface area contributed by atoms with Gasteiger partial charge in [-0.2, -0.15) is 0 Å². The number of rotatable bonds is 4. The third-order valence-corrected chi connectivity index (χ3v) is 5.27. The Kier molecular flexibility index (Phi) is 4.89. The fourth-order valence-electron chi connectivity index (χ4n) is 3.89. The number of para-hydroxylation sites is 1. The van der Waals surface area contributed by atoms with Crippen molar-refractivity contribution in [2.24, 2.45) is 0 Å². The summed E-state index contributed by atoms with van der Waals surface area (Å²) in [5.74, 6) is 1.99. The lowest BCUT2D eigenvalue weighted by Gasteiger charge is -2.40. The number of hydrogen-bond donors (Lipinski definition) is 0. The van der Waals surface area contributed by atoms with Crippen LogP contribution in [-0.2, 0) is 9.53 Å². The van der Waals surface area contributed by atoms with Crippen molar-refractivity contribution in [3.8, 4) is 0 Å². The number of hydrogen-bond acceptors (Lipinski definition) is 6. The number of ether oxygens (including phenoxy) is 1. The SMILES string of the molecule is COCC(=O)N1CCN(c2nc3ccccc3c3nnc(C(C)C)n23)C[C@H]1C. The van der Waals surface area contributed by atoms with Crippen molar-refractivity contribution >= 4 is 28.4 Å². The van der Waals surface area contributed by atoms with Crippen molar-refractivity contribution in [2.75, 3.05) is 38.3 Å². The van der Waals surface area contributed by atoms with Gasteiger partial charge in [0.05, 0.1) is 5.52 Å². The number of nitrogens with zero attached hydrogens (tertiary/aromatic N) is 6. The molecule has 4 rings (SSSR count). The molecule has 0 spiro atoms. The van der Waals surface area contributed by atoms with E-state index in [-0.39, 0.29) is 24.5 Å². The quantitative estimate of drug-likeness (QED) is 0.688. The predicted molar refractivity (Wildman–Crippen MR) is 108 cm³/mol. The Bertz CT molecular complexity index is 1010. The molecule has 3 heterocycles. The summed E-state index contributed by atoms with van der Waals surface area (Å²) in [6.45, 7) is 8.44. The molecule has 0 N–H and O–H groups in total. The zero-order valence-corrected chi connectivity index (χ0v) is 16.8. The van der Waals surface area contributed by atoms with Crippen LogP contribution in [0.1, 0.15) is 32.5 Å². The molecule has 8 heteroatoms. The normalized spacial score (nSPS) is 17.8. The monoisotopic (exact) mass is 382 g/mol. The first kappa shape index (κ1) is 18.6. The molecule has 28 heavy (non-hydrogen) atoms. The highest BCUT2D eigenvalue weighted by molar-refractivity contribution is 5.92. The van der Waals surface area contributed by atoms with Crippen LogP contribution in [0.25, 0.3) is 16.6 Å². The second-order valence-electron chi connectivity index (χ2n) is 7.62. The van der Waals surface area contributed by atoms with E-state index >= 15 is 0 Å². The molecule has 0 radical (unpaired) electrons. The molecular formula is C20H26N6O2. The number of methoxy groups -OCH3 is 1. The van der Waals surface area contributed by atoms with Crippen LogP contribution in [0, 0.1) is 0 Å². The maximum Gasteiger partial charge on any atom is 0.248 e. The fraction of sp³-hybridized carbons (Fsp3) is 0.500. The summed E-state index contributed by atoms with van der Waals surface area (Å²) in [7, 11) is 1.55. The number of anilines is 1. The molecule has 1 aliphatic rings. The van der Waals surface area contributed by atoms with Gasteiger partial charge < -0.3 is 14.5 Å². The number of amides is 1. The van der Waals surface area contributed by atoms with E-state index in [0.29, 0.717) is 19.6 Å². The molecule has 1 amide bonds. The summed E-state index contributed by atoms with van der Waals surface area (Å²) < 4.78 is 7.09. The molecule has 8 nitrogen and oxygen atoms in total. The smallest absolute Gasteiger partial charge is 0.248 e. The summed E-state index contributed by atoms with van der Waals surface area (Å²) in [4.78, 5) is 21.4.